The predicted octanol–water partition coefficient (Wildman–Crippen LogP) is 11.1. The van der Waals surface area contributed by atoms with Crippen molar-refractivity contribution >= 4 is 32.4 Å². The van der Waals surface area contributed by atoms with Crippen LogP contribution >= 0.6 is 0 Å². The fraction of sp³-hybridized carbons (Fsp3) is 0. The summed E-state index contributed by atoms with van der Waals surface area (Å²) in [4.78, 5) is 20.6. The number of rotatable bonds is 5. The second-order valence-electron chi connectivity index (χ2n) is 11.9. The zero-order valence-electron chi connectivity index (χ0n) is 26.0. The molecule has 4 heteroatoms. The number of hydrogen-bond donors (Lipinski definition) is 0. The largest absolute Gasteiger partial charge is 0.243 e. The molecule has 0 spiro atoms. The Bertz CT molecular complexity index is 2480. The molecule has 0 N–H and O–H groups in total. The summed E-state index contributed by atoms with van der Waals surface area (Å²) < 4.78 is 0. The maximum Gasteiger partial charge on any atom is 0.183 e. The van der Waals surface area contributed by atoms with Gasteiger partial charge in [-0.2, -0.15) is 0 Å². The van der Waals surface area contributed by atoms with Gasteiger partial charge in [0.25, 0.3) is 0 Å². The number of benzene rings is 7. The van der Waals surface area contributed by atoms with E-state index in [1.165, 1.54) is 11.1 Å². The lowest BCUT2D eigenvalue weighted by molar-refractivity contribution is 1.07. The second-order valence-corrected chi connectivity index (χ2v) is 11.9. The SMILES string of the molecule is c1ccc(-c2ccc(-c3nc(-c4ccc(-c5ccccc5)cc4)nc(-c4nc5c6ccccc6ccc5c5ccccc45)n3)cc2)cc1. The van der Waals surface area contributed by atoms with Gasteiger partial charge < -0.3 is 0 Å². The van der Waals surface area contributed by atoms with Crippen LogP contribution in [0.3, 0.4) is 0 Å². The van der Waals surface area contributed by atoms with Crippen molar-refractivity contribution in [2.24, 2.45) is 0 Å². The van der Waals surface area contributed by atoms with E-state index in [0.717, 1.165) is 60.4 Å². The Morgan fingerprint density at radius 1 is 0.250 bits per heavy atom. The third-order valence-electron chi connectivity index (χ3n) is 8.94. The Morgan fingerprint density at radius 2 is 0.688 bits per heavy atom. The molecule has 0 unspecified atom stereocenters. The summed E-state index contributed by atoms with van der Waals surface area (Å²) in [5, 5.41) is 5.47. The van der Waals surface area contributed by atoms with Crippen LogP contribution in [0, 0.1) is 0 Å². The standard InChI is InChI=1S/C44H28N4/c1-3-11-29(12-4-1)31-19-23-34(24-20-31)42-46-43(35-25-21-32(22-26-35)30-13-5-2-6-14-30)48-44(47-42)41-38-18-10-9-17-37(38)39-28-27-33-15-7-8-16-36(33)40(39)45-41/h1-28H. The van der Waals surface area contributed by atoms with Crippen molar-refractivity contribution in [2.45, 2.75) is 0 Å². The fourth-order valence-electron chi connectivity index (χ4n) is 6.48. The van der Waals surface area contributed by atoms with Crippen LogP contribution in [0.4, 0.5) is 0 Å². The average molecular weight is 613 g/mol. The van der Waals surface area contributed by atoms with Gasteiger partial charge in [-0.15, -0.1) is 0 Å². The highest BCUT2D eigenvalue weighted by Gasteiger charge is 2.18. The van der Waals surface area contributed by atoms with Crippen molar-refractivity contribution in [2.75, 3.05) is 0 Å². The van der Waals surface area contributed by atoms with Gasteiger partial charge in [0.1, 0.15) is 5.69 Å². The molecule has 0 aliphatic carbocycles. The number of aromatic nitrogens is 4. The van der Waals surface area contributed by atoms with Crippen molar-refractivity contribution in [3.8, 4) is 56.5 Å². The van der Waals surface area contributed by atoms with E-state index >= 15 is 0 Å². The van der Waals surface area contributed by atoms with E-state index in [1.54, 1.807) is 0 Å². The summed E-state index contributed by atoms with van der Waals surface area (Å²) in [6.07, 6.45) is 0. The highest BCUT2D eigenvalue weighted by Crippen LogP contribution is 2.36. The molecule has 0 radical (unpaired) electrons. The molecule has 48 heavy (non-hydrogen) atoms. The summed E-state index contributed by atoms with van der Waals surface area (Å²) in [6.45, 7) is 0. The minimum atomic E-state index is 0.542. The van der Waals surface area contributed by atoms with Gasteiger partial charge in [-0.05, 0) is 33.0 Å². The lowest BCUT2D eigenvalue weighted by Gasteiger charge is -2.13. The van der Waals surface area contributed by atoms with Crippen molar-refractivity contribution in [3.63, 3.8) is 0 Å². The zero-order valence-corrected chi connectivity index (χ0v) is 26.0. The monoisotopic (exact) mass is 612 g/mol. The molecule has 9 aromatic rings. The number of nitrogens with zero attached hydrogens (tertiary/aromatic N) is 4. The predicted molar refractivity (Wildman–Crippen MR) is 197 cm³/mol. The van der Waals surface area contributed by atoms with Crippen LogP contribution in [0.5, 0.6) is 0 Å². The molecule has 2 aromatic heterocycles. The summed E-state index contributed by atoms with van der Waals surface area (Å²) >= 11 is 0. The minimum absolute atomic E-state index is 0.542. The zero-order chi connectivity index (χ0) is 31.9. The molecule has 0 bridgehead atoms. The molecule has 0 amide bonds. The molecule has 7 aromatic carbocycles. The summed E-state index contributed by atoms with van der Waals surface area (Å²) in [5.74, 6) is 1.75. The molecular weight excluding hydrogens is 585 g/mol. The normalized spacial score (nSPS) is 11.3. The van der Waals surface area contributed by atoms with Crippen LogP contribution in [0.2, 0.25) is 0 Å². The smallest absolute Gasteiger partial charge is 0.183 e. The van der Waals surface area contributed by atoms with E-state index < -0.39 is 0 Å². The third-order valence-corrected chi connectivity index (χ3v) is 8.94. The average Bonchev–Trinajstić information content (AvgIpc) is 3.18. The molecule has 2 heterocycles. The molecule has 0 aliphatic rings. The number of pyridine rings is 1. The topological polar surface area (TPSA) is 51.6 Å². The lowest BCUT2D eigenvalue weighted by Crippen LogP contribution is -2.02. The molecule has 0 fully saturated rings. The Balaban J connectivity index is 1.25. The highest BCUT2D eigenvalue weighted by molar-refractivity contribution is 6.17. The highest BCUT2D eigenvalue weighted by atomic mass is 15.0. The van der Waals surface area contributed by atoms with E-state index in [-0.39, 0.29) is 0 Å². The van der Waals surface area contributed by atoms with Gasteiger partial charge in [0.15, 0.2) is 17.5 Å². The van der Waals surface area contributed by atoms with Gasteiger partial charge in [-0.25, -0.2) is 19.9 Å². The van der Waals surface area contributed by atoms with E-state index in [1.807, 2.05) is 18.2 Å². The third kappa shape index (κ3) is 4.97. The van der Waals surface area contributed by atoms with Crippen LogP contribution in [0.1, 0.15) is 0 Å². The molecule has 0 saturated carbocycles. The maximum absolute atomic E-state index is 5.33. The van der Waals surface area contributed by atoms with Gasteiger partial charge in [-0.1, -0.05) is 170 Å². The van der Waals surface area contributed by atoms with Crippen LogP contribution in [0.15, 0.2) is 170 Å². The summed E-state index contributed by atoms with van der Waals surface area (Å²) in [7, 11) is 0. The quantitative estimate of drug-likeness (QED) is 0.181. The van der Waals surface area contributed by atoms with E-state index in [0.29, 0.717) is 17.5 Å². The van der Waals surface area contributed by atoms with Crippen LogP contribution in [0.25, 0.3) is 89.0 Å². The first-order valence-electron chi connectivity index (χ1n) is 16.1. The van der Waals surface area contributed by atoms with Gasteiger partial charge in [0.05, 0.1) is 5.52 Å². The van der Waals surface area contributed by atoms with Crippen LogP contribution in [-0.4, -0.2) is 19.9 Å². The second kappa shape index (κ2) is 11.7. The van der Waals surface area contributed by atoms with E-state index in [2.05, 4.69) is 152 Å². The minimum Gasteiger partial charge on any atom is -0.243 e. The van der Waals surface area contributed by atoms with Gasteiger partial charge in [-0.3, -0.25) is 0 Å². The maximum atomic E-state index is 5.33. The van der Waals surface area contributed by atoms with Gasteiger partial charge >= 0.3 is 0 Å². The summed E-state index contributed by atoms with van der Waals surface area (Å²) in [5.41, 5.74) is 8.11. The molecule has 0 atom stereocenters. The van der Waals surface area contributed by atoms with Gasteiger partial charge in [0, 0.05) is 27.3 Å². The van der Waals surface area contributed by atoms with Crippen LogP contribution < -0.4 is 0 Å². The Labute approximate surface area is 278 Å². The Hall–Kier alpha value is -6.52. The van der Waals surface area contributed by atoms with E-state index in [4.69, 9.17) is 19.9 Å². The van der Waals surface area contributed by atoms with Crippen molar-refractivity contribution in [3.05, 3.63) is 170 Å². The first-order valence-corrected chi connectivity index (χ1v) is 16.1. The molecule has 4 nitrogen and oxygen atoms in total. The van der Waals surface area contributed by atoms with Crippen LogP contribution in [-0.2, 0) is 0 Å². The first kappa shape index (κ1) is 27.8. The van der Waals surface area contributed by atoms with Crippen molar-refractivity contribution in [1.29, 1.82) is 0 Å². The lowest BCUT2D eigenvalue weighted by atomic mass is 9.99. The molecule has 0 aliphatic heterocycles. The first-order chi connectivity index (χ1) is 23.8. The molecule has 0 saturated heterocycles. The Kier molecular flexibility index (Phi) is 6.76. The fourth-order valence-corrected chi connectivity index (χ4v) is 6.48. The van der Waals surface area contributed by atoms with Crippen molar-refractivity contribution < 1.29 is 0 Å². The number of hydrogen-bond acceptors (Lipinski definition) is 4. The Morgan fingerprint density at radius 3 is 1.27 bits per heavy atom. The molecule has 224 valence electrons. The molecule has 9 rings (SSSR count). The summed E-state index contributed by atoms with van der Waals surface area (Å²) in [6, 6.07) is 58.7. The van der Waals surface area contributed by atoms with Crippen molar-refractivity contribution in [1.82, 2.24) is 19.9 Å². The molecular formula is C44H28N4. The number of fused-ring (bicyclic) bond motifs is 5. The van der Waals surface area contributed by atoms with E-state index in [9.17, 15) is 0 Å². The van der Waals surface area contributed by atoms with Gasteiger partial charge in [0.2, 0.25) is 0 Å².